The van der Waals surface area contributed by atoms with E-state index in [2.05, 4.69) is 18.2 Å². The molecule has 0 aliphatic rings. The van der Waals surface area contributed by atoms with Crippen molar-refractivity contribution >= 4 is 27.5 Å². The average molecular weight is 286 g/mol. The van der Waals surface area contributed by atoms with Crippen molar-refractivity contribution in [2.24, 2.45) is 0 Å². The van der Waals surface area contributed by atoms with E-state index in [-0.39, 0.29) is 0 Å². The molecule has 0 spiro atoms. The molecule has 0 N–H and O–H groups in total. The minimum atomic E-state index is -0.550. The van der Waals surface area contributed by atoms with E-state index in [4.69, 9.17) is 0 Å². The van der Waals surface area contributed by atoms with Gasteiger partial charge < -0.3 is 0 Å². The van der Waals surface area contributed by atoms with E-state index in [0.717, 1.165) is 12.5 Å². The first kappa shape index (κ1) is 13.0. The number of allylic oxidation sites excluding steroid dienone is 1. The first-order valence-corrected chi connectivity index (χ1v) is 7.12. The molecule has 0 saturated heterocycles. The van der Waals surface area contributed by atoms with Crippen LogP contribution in [0, 0.1) is 11.6 Å². The minimum absolute atomic E-state index is 0.545. The van der Waals surface area contributed by atoms with Crippen molar-refractivity contribution in [1.29, 1.82) is 0 Å². The first-order valence-electron chi connectivity index (χ1n) is 6.31. The Morgan fingerprint density at radius 2 is 1.70 bits per heavy atom. The Labute approximate surface area is 120 Å². The topological polar surface area (TPSA) is 0 Å². The lowest BCUT2D eigenvalue weighted by Gasteiger charge is -1.95. The summed E-state index contributed by atoms with van der Waals surface area (Å²) in [5.41, 5.74) is 0.545. The third-order valence-corrected chi connectivity index (χ3v) is 4.13. The summed E-state index contributed by atoms with van der Waals surface area (Å²) in [6.45, 7) is 0. The van der Waals surface area contributed by atoms with Crippen LogP contribution in [0.2, 0.25) is 0 Å². The molecule has 0 fully saturated rings. The van der Waals surface area contributed by atoms with E-state index < -0.39 is 11.6 Å². The summed E-state index contributed by atoms with van der Waals surface area (Å²) >= 11 is 1.74. The maximum absolute atomic E-state index is 13.0. The molecular formula is C17H12F2S. The van der Waals surface area contributed by atoms with Gasteiger partial charge in [-0.05, 0) is 35.2 Å². The number of hydrogen-bond donors (Lipinski definition) is 0. The van der Waals surface area contributed by atoms with E-state index in [0.29, 0.717) is 5.56 Å². The molecule has 0 aliphatic carbocycles. The average Bonchev–Trinajstić information content (AvgIpc) is 2.80. The van der Waals surface area contributed by atoms with Gasteiger partial charge in [-0.15, -0.1) is 11.3 Å². The second-order valence-electron chi connectivity index (χ2n) is 4.56. The summed E-state index contributed by atoms with van der Waals surface area (Å²) < 4.78 is 27.3. The van der Waals surface area contributed by atoms with Gasteiger partial charge in [0.05, 0.1) is 0 Å². The molecule has 3 heteroatoms. The number of thiophene rings is 1. The molecule has 0 atom stereocenters. The fourth-order valence-corrected chi connectivity index (χ4v) is 3.16. The molecule has 0 aliphatic heterocycles. The van der Waals surface area contributed by atoms with E-state index in [9.17, 15) is 8.78 Å². The van der Waals surface area contributed by atoms with Gasteiger partial charge in [0.1, 0.15) is 11.6 Å². The number of benzene rings is 2. The van der Waals surface area contributed by atoms with E-state index in [1.807, 2.05) is 18.2 Å². The van der Waals surface area contributed by atoms with Crippen molar-refractivity contribution in [2.45, 2.75) is 6.42 Å². The third-order valence-electron chi connectivity index (χ3n) is 2.99. The van der Waals surface area contributed by atoms with Crippen molar-refractivity contribution in [3.8, 4) is 0 Å². The quantitative estimate of drug-likeness (QED) is 0.602. The molecule has 1 heterocycles. The third kappa shape index (κ3) is 2.94. The van der Waals surface area contributed by atoms with Gasteiger partial charge in [0.25, 0.3) is 0 Å². The Morgan fingerprint density at radius 1 is 0.950 bits per heavy atom. The standard InChI is InChI=1S/C17H12F2S/c18-14-8-12(9-15(19)11-14)4-3-6-16-10-13-5-1-2-7-17(13)20-16/h1-5,7-11H,6H2/b4-3+. The highest BCUT2D eigenvalue weighted by molar-refractivity contribution is 7.19. The number of fused-ring (bicyclic) bond motifs is 1. The zero-order chi connectivity index (χ0) is 13.9. The van der Waals surface area contributed by atoms with Crippen LogP contribution in [0.3, 0.4) is 0 Å². The van der Waals surface area contributed by atoms with Gasteiger partial charge in [0, 0.05) is 22.1 Å². The summed E-state index contributed by atoms with van der Waals surface area (Å²) in [5, 5.41) is 1.23. The minimum Gasteiger partial charge on any atom is -0.207 e. The van der Waals surface area contributed by atoms with Crippen molar-refractivity contribution < 1.29 is 8.78 Å². The highest BCUT2D eigenvalue weighted by Crippen LogP contribution is 2.25. The highest BCUT2D eigenvalue weighted by Gasteiger charge is 2.00. The van der Waals surface area contributed by atoms with Crippen LogP contribution in [0.15, 0.2) is 54.6 Å². The van der Waals surface area contributed by atoms with Crippen molar-refractivity contribution in [1.82, 2.24) is 0 Å². The monoisotopic (exact) mass is 286 g/mol. The molecule has 0 amide bonds. The van der Waals surface area contributed by atoms with Crippen LogP contribution in [0.4, 0.5) is 8.78 Å². The summed E-state index contributed by atoms with van der Waals surface area (Å²) in [6.07, 6.45) is 4.44. The van der Waals surface area contributed by atoms with Gasteiger partial charge in [0.15, 0.2) is 0 Å². The molecule has 0 bridgehead atoms. The lowest BCUT2D eigenvalue weighted by Crippen LogP contribution is -1.82. The maximum Gasteiger partial charge on any atom is 0.126 e. The largest absolute Gasteiger partial charge is 0.207 e. The van der Waals surface area contributed by atoms with Crippen LogP contribution >= 0.6 is 11.3 Å². The summed E-state index contributed by atoms with van der Waals surface area (Å²) in [4.78, 5) is 1.24. The van der Waals surface area contributed by atoms with Gasteiger partial charge in [-0.2, -0.15) is 0 Å². The van der Waals surface area contributed by atoms with Crippen LogP contribution < -0.4 is 0 Å². The van der Waals surface area contributed by atoms with E-state index >= 15 is 0 Å². The molecular weight excluding hydrogens is 274 g/mol. The molecule has 3 rings (SSSR count). The molecule has 1 aromatic heterocycles. The van der Waals surface area contributed by atoms with Gasteiger partial charge in [-0.3, -0.25) is 0 Å². The SMILES string of the molecule is Fc1cc(F)cc(/C=C/Cc2cc3ccccc3s2)c1. The molecule has 0 radical (unpaired) electrons. The number of hydrogen-bond acceptors (Lipinski definition) is 1. The van der Waals surface area contributed by atoms with Crippen LogP contribution in [0.5, 0.6) is 0 Å². The highest BCUT2D eigenvalue weighted by atomic mass is 32.1. The van der Waals surface area contributed by atoms with Crippen LogP contribution in [-0.2, 0) is 6.42 Å². The smallest absolute Gasteiger partial charge is 0.126 e. The summed E-state index contributed by atoms with van der Waals surface area (Å²) in [5.74, 6) is -1.10. The Hall–Kier alpha value is -2.00. The van der Waals surface area contributed by atoms with Crippen LogP contribution in [0.1, 0.15) is 10.4 Å². The van der Waals surface area contributed by atoms with Crippen molar-refractivity contribution in [3.05, 3.63) is 76.7 Å². The summed E-state index contributed by atoms with van der Waals surface area (Å²) in [7, 11) is 0. The first-order chi connectivity index (χ1) is 9.70. The second kappa shape index (κ2) is 5.55. The number of halogens is 2. The molecule has 3 aromatic rings. The van der Waals surface area contributed by atoms with Gasteiger partial charge in [-0.1, -0.05) is 30.4 Å². The normalized spacial score (nSPS) is 11.5. The Kier molecular flexibility index (Phi) is 3.61. The zero-order valence-corrected chi connectivity index (χ0v) is 11.5. The van der Waals surface area contributed by atoms with Crippen LogP contribution in [0.25, 0.3) is 16.2 Å². The second-order valence-corrected chi connectivity index (χ2v) is 5.73. The molecule has 0 saturated carbocycles. The zero-order valence-electron chi connectivity index (χ0n) is 10.6. The Morgan fingerprint density at radius 3 is 2.45 bits per heavy atom. The predicted molar refractivity (Wildman–Crippen MR) is 80.9 cm³/mol. The molecule has 100 valence electrons. The fourth-order valence-electron chi connectivity index (χ4n) is 2.12. The number of rotatable bonds is 3. The maximum atomic E-state index is 13.0. The Balaban J connectivity index is 1.76. The van der Waals surface area contributed by atoms with E-state index in [1.54, 1.807) is 17.4 Å². The van der Waals surface area contributed by atoms with Gasteiger partial charge >= 0.3 is 0 Å². The van der Waals surface area contributed by atoms with Crippen molar-refractivity contribution in [2.75, 3.05) is 0 Å². The molecule has 0 nitrogen and oxygen atoms in total. The summed E-state index contributed by atoms with van der Waals surface area (Å²) in [6, 6.07) is 13.9. The van der Waals surface area contributed by atoms with Crippen molar-refractivity contribution in [3.63, 3.8) is 0 Å². The van der Waals surface area contributed by atoms with Crippen LogP contribution in [-0.4, -0.2) is 0 Å². The van der Waals surface area contributed by atoms with Gasteiger partial charge in [0.2, 0.25) is 0 Å². The molecule has 2 aromatic carbocycles. The fraction of sp³-hybridized carbons (Fsp3) is 0.0588. The lowest BCUT2D eigenvalue weighted by atomic mass is 10.2. The molecule has 0 unspecified atom stereocenters. The predicted octanol–water partition coefficient (Wildman–Crippen LogP) is 5.44. The molecule has 20 heavy (non-hydrogen) atoms. The van der Waals surface area contributed by atoms with E-state index in [1.165, 1.54) is 27.1 Å². The lowest BCUT2D eigenvalue weighted by molar-refractivity contribution is 0.583. The Bertz CT molecular complexity index is 718. The van der Waals surface area contributed by atoms with Gasteiger partial charge in [-0.25, -0.2) is 8.78 Å².